The first-order valence-electron chi connectivity index (χ1n) is 8.17. The Morgan fingerprint density at radius 1 is 1.38 bits per heavy atom. The average Bonchev–Trinajstić information content (AvgIpc) is 2.84. The van der Waals surface area contributed by atoms with E-state index in [4.69, 9.17) is 15.6 Å². The minimum absolute atomic E-state index is 0.0923. The number of hydrogen-bond acceptors (Lipinski definition) is 7. The third-order valence-electron chi connectivity index (χ3n) is 4.07. The van der Waals surface area contributed by atoms with Crippen molar-refractivity contribution in [1.29, 1.82) is 0 Å². The molecule has 0 unspecified atom stereocenters. The SMILES string of the molecule is CCCCCC=Cc1cn([C@@H]2O[C@H](CO)[C@@H](O)[C@H]2O)c(=O)nc1N. The van der Waals surface area contributed by atoms with E-state index in [2.05, 4.69) is 11.9 Å². The smallest absolute Gasteiger partial charge is 0.351 e. The maximum atomic E-state index is 12.1. The molecule has 4 atom stereocenters. The summed E-state index contributed by atoms with van der Waals surface area (Å²) in [7, 11) is 0. The van der Waals surface area contributed by atoms with Crippen LogP contribution in [0.1, 0.15) is 44.4 Å². The molecule has 0 amide bonds. The molecule has 0 spiro atoms. The van der Waals surface area contributed by atoms with Crippen LogP contribution < -0.4 is 11.4 Å². The quantitative estimate of drug-likeness (QED) is 0.515. The van der Waals surface area contributed by atoms with Gasteiger partial charge in [0.1, 0.15) is 24.1 Å². The number of hydrogen-bond donors (Lipinski definition) is 4. The van der Waals surface area contributed by atoms with E-state index in [0.29, 0.717) is 5.56 Å². The molecule has 8 nitrogen and oxygen atoms in total. The molecule has 134 valence electrons. The third kappa shape index (κ3) is 4.02. The normalized spacial score (nSPS) is 27.2. The number of nitrogens with zero attached hydrogens (tertiary/aromatic N) is 2. The number of ether oxygens (including phenoxy) is 1. The summed E-state index contributed by atoms with van der Waals surface area (Å²) < 4.78 is 6.45. The Labute approximate surface area is 140 Å². The summed E-state index contributed by atoms with van der Waals surface area (Å²) in [6, 6.07) is 0. The van der Waals surface area contributed by atoms with Crippen molar-refractivity contribution in [1.82, 2.24) is 9.55 Å². The van der Waals surface area contributed by atoms with Crippen molar-refractivity contribution in [3.63, 3.8) is 0 Å². The summed E-state index contributed by atoms with van der Waals surface area (Å²) >= 11 is 0. The molecule has 0 saturated carbocycles. The molecule has 0 radical (unpaired) electrons. The van der Waals surface area contributed by atoms with Crippen molar-refractivity contribution in [3.8, 4) is 0 Å². The predicted molar refractivity (Wildman–Crippen MR) is 89.1 cm³/mol. The highest BCUT2D eigenvalue weighted by molar-refractivity contribution is 5.59. The highest BCUT2D eigenvalue weighted by Crippen LogP contribution is 2.28. The summed E-state index contributed by atoms with van der Waals surface area (Å²) in [5, 5.41) is 29.0. The fourth-order valence-electron chi connectivity index (χ4n) is 2.64. The van der Waals surface area contributed by atoms with Crippen LogP contribution in [0.5, 0.6) is 0 Å². The fraction of sp³-hybridized carbons (Fsp3) is 0.625. The first-order chi connectivity index (χ1) is 11.5. The van der Waals surface area contributed by atoms with Gasteiger partial charge in [0.05, 0.1) is 6.61 Å². The van der Waals surface area contributed by atoms with Gasteiger partial charge in [-0.3, -0.25) is 4.57 Å². The molecule has 1 saturated heterocycles. The molecule has 1 fully saturated rings. The Bertz CT molecular complexity index is 631. The summed E-state index contributed by atoms with van der Waals surface area (Å²) in [4.78, 5) is 15.8. The van der Waals surface area contributed by atoms with Gasteiger partial charge >= 0.3 is 5.69 Å². The number of allylic oxidation sites excluding steroid dienone is 1. The zero-order valence-corrected chi connectivity index (χ0v) is 13.7. The van der Waals surface area contributed by atoms with Crippen LogP contribution in [-0.2, 0) is 4.74 Å². The molecule has 2 rings (SSSR count). The molecule has 2 heterocycles. The lowest BCUT2D eigenvalue weighted by atomic mass is 10.1. The number of rotatable bonds is 7. The van der Waals surface area contributed by atoms with Gasteiger partial charge < -0.3 is 25.8 Å². The second kappa shape index (κ2) is 8.39. The van der Waals surface area contributed by atoms with Crippen molar-refractivity contribution in [2.75, 3.05) is 12.3 Å². The topological polar surface area (TPSA) is 131 Å². The van der Waals surface area contributed by atoms with E-state index in [1.807, 2.05) is 6.08 Å². The van der Waals surface area contributed by atoms with Gasteiger partial charge in [-0.1, -0.05) is 31.9 Å². The van der Waals surface area contributed by atoms with Crippen LogP contribution in [0.25, 0.3) is 6.08 Å². The van der Waals surface area contributed by atoms with E-state index < -0.39 is 36.8 Å². The Hall–Kier alpha value is -1.74. The number of unbranched alkanes of at least 4 members (excludes halogenated alkanes) is 3. The Kier molecular flexibility index (Phi) is 6.50. The van der Waals surface area contributed by atoms with E-state index in [1.54, 1.807) is 6.08 Å². The molecule has 0 bridgehead atoms. The molecule has 5 N–H and O–H groups in total. The first kappa shape index (κ1) is 18.6. The van der Waals surface area contributed by atoms with Crippen molar-refractivity contribution >= 4 is 11.9 Å². The van der Waals surface area contributed by atoms with E-state index in [1.165, 1.54) is 6.20 Å². The molecule has 1 aromatic heterocycles. The lowest BCUT2D eigenvalue weighted by Gasteiger charge is -2.18. The van der Waals surface area contributed by atoms with E-state index in [9.17, 15) is 15.0 Å². The van der Waals surface area contributed by atoms with Crippen LogP contribution in [0, 0.1) is 0 Å². The van der Waals surface area contributed by atoms with Gasteiger partial charge in [0.25, 0.3) is 0 Å². The average molecular weight is 339 g/mol. The number of nitrogens with two attached hydrogens (primary N) is 1. The molecular weight excluding hydrogens is 314 g/mol. The van der Waals surface area contributed by atoms with Crippen molar-refractivity contribution in [2.45, 2.75) is 57.1 Å². The van der Waals surface area contributed by atoms with Gasteiger partial charge in [0.2, 0.25) is 0 Å². The highest BCUT2D eigenvalue weighted by Gasteiger charge is 2.43. The second-order valence-corrected chi connectivity index (χ2v) is 5.90. The lowest BCUT2D eigenvalue weighted by Crippen LogP contribution is -2.36. The molecule has 24 heavy (non-hydrogen) atoms. The number of aliphatic hydroxyl groups is 3. The molecular formula is C16H25N3O5. The monoisotopic (exact) mass is 339 g/mol. The molecule has 1 aliphatic rings. The minimum Gasteiger partial charge on any atom is -0.394 e. The van der Waals surface area contributed by atoms with Gasteiger partial charge in [-0.05, 0) is 12.8 Å². The zero-order chi connectivity index (χ0) is 17.7. The van der Waals surface area contributed by atoms with Gasteiger partial charge in [-0.25, -0.2) is 4.79 Å². The number of nitrogen functional groups attached to an aromatic ring is 1. The van der Waals surface area contributed by atoms with E-state index in [-0.39, 0.29) is 5.82 Å². The molecule has 1 aromatic rings. The van der Waals surface area contributed by atoms with Crippen LogP contribution in [0.4, 0.5) is 5.82 Å². The molecule has 1 aliphatic heterocycles. The standard InChI is InChI=1S/C16H25N3O5/c1-2-3-4-5-6-7-10-8-19(16(23)18-14(10)17)15-13(22)12(21)11(9-20)24-15/h6-8,11-13,15,20-22H,2-5,9H2,1H3,(H2,17,18,23)/t11-,12-,13-,15-/m1/s1. The van der Waals surface area contributed by atoms with Crippen molar-refractivity contribution in [2.24, 2.45) is 0 Å². The van der Waals surface area contributed by atoms with Crippen LogP contribution in [0.3, 0.4) is 0 Å². The van der Waals surface area contributed by atoms with Crippen LogP contribution >= 0.6 is 0 Å². The predicted octanol–water partition coefficient (Wildman–Crippen LogP) is 0.0305. The van der Waals surface area contributed by atoms with Crippen molar-refractivity contribution in [3.05, 3.63) is 28.3 Å². The Balaban J connectivity index is 2.22. The highest BCUT2D eigenvalue weighted by atomic mass is 16.6. The van der Waals surface area contributed by atoms with Gasteiger partial charge in [0, 0.05) is 11.8 Å². The molecule has 8 heteroatoms. The summed E-state index contributed by atoms with van der Waals surface area (Å²) in [5.74, 6) is 0.0923. The maximum absolute atomic E-state index is 12.1. The molecule has 0 aromatic carbocycles. The largest absolute Gasteiger partial charge is 0.394 e. The zero-order valence-electron chi connectivity index (χ0n) is 13.7. The number of aliphatic hydroxyl groups excluding tert-OH is 3. The van der Waals surface area contributed by atoms with Crippen molar-refractivity contribution < 1.29 is 20.1 Å². The third-order valence-corrected chi connectivity index (χ3v) is 4.07. The summed E-state index contributed by atoms with van der Waals surface area (Å²) in [6.07, 6.45) is 4.70. The summed E-state index contributed by atoms with van der Waals surface area (Å²) in [6.45, 7) is 1.67. The number of aromatic nitrogens is 2. The Morgan fingerprint density at radius 3 is 2.75 bits per heavy atom. The fourth-order valence-corrected chi connectivity index (χ4v) is 2.64. The van der Waals surface area contributed by atoms with Gasteiger partial charge in [0.15, 0.2) is 6.23 Å². The van der Waals surface area contributed by atoms with Crippen LogP contribution in [-0.4, -0.2) is 49.8 Å². The maximum Gasteiger partial charge on any atom is 0.351 e. The first-order valence-corrected chi connectivity index (χ1v) is 8.17. The van der Waals surface area contributed by atoms with Crippen LogP contribution in [0.2, 0.25) is 0 Å². The minimum atomic E-state index is -1.34. The summed E-state index contributed by atoms with van der Waals surface area (Å²) in [5.41, 5.74) is 5.62. The second-order valence-electron chi connectivity index (χ2n) is 5.90. The van der Waals surface area contributed by atoms with Gasteiger partial charge in [-0.15, -0.1) is 0 Å². The number of anilines is 1. The van der Waals surface area contributed by atoms with Gasteiger partial charge in [-0.2, -0.15) is 4.98 Å². The van der Waals surface area contributed by atoms with E-state index in [0.717, 1.165) is 30.3 Å². The lowest BCUT2D eigenvalue weighted by molar-refractivity contribution is -0.0549. The molecule has 0 aliphatic carbocycles. The van der Waals surface area contributed by atoms with E-state index >= 15 is 0 Å². The Morgan fingerprint density at radius 2 is 2.12 bits per heavy atom. The van der Waals surface area contributed by atoms with Crippen LogP contribution in [0.15, 0.2) is 17.1 Å².